The first-order valence-electron chi connectivity index (χ1n) is 11.7. The number of aliphatic hydroxyl groups is 1. The highest BCUT2D eigenvalue weighted by molar-refractivity contribution is 6.30. The Kier molecular flexibility index (Phi) is 5.11. The second kappa shape index (κ2) is 7.54. The Hall–Kier alpha value is -1.56. The SMILES string of the molecule is C[C@]12CCC3C(CC[C@@H]4C[C@@](O)(C#CCl)CC[C@H]34)C1CC[C@@H]2C(=O)Cn1cc[n+]#[n+]1. The maximum absolute atomic E-state index is 13.2. The van der Waals surface area contributed by atoms with E-state index in [1.165, 1.54) is 25.7 Å². The van der Waals surface area contributed by atoms with E-state index in [0.29, 0.717) is 30.1 Å². The lowest BCUT2D eigenvalue weighted by molar-refractivity contribution is -0.786. The van der Waals surface area contributed by atoms with Crippen molar-refractivity contribution >= 4 is 17.4 Å². The van der Waals surface area contributed by atoms with E-state index in [-0.39, 0.29) is 11.3 Å². The zero-order valence-electron chi connectivity index (χ0n) is 17.8. The largest absolute Gasteiger partial charge is 0.471 e. The number of aromatic nitrogens is 3. The molecule has 160 valence electrons. The quantitative estimate of drug-likeness (QED) is 0.749. The highest BCUT2D eigenvalue weighted by atomic mass is 35.5. The van der Waals surface area contributed by atoms with E-state index < -0.39 is 5.60 Å². The van der Waals surface area contributed by atoms with Gasteiger partial charge in [-0.2, -0.15) is 0 Å². The molecule has 0 amide bonds. The average Bonchev–Trinajstić information content (AvgIpc) is 3.34. The number of halogens is 1. The molecule has 4 aliphatic carbocycles. The van der Waals surface area contributed by atoms with Gasteiger partial charge in [0.05, 0.1) is 0 Å². The molecule has 1 aromatic heterocycles. The van der Waals surface area contributed by atoms with Crippen molar-refractivity contribution in [2.24, 2.45) is 40.9 Å². The minimum atomic E-state index is -0.884. The summed E-state index contributed by atoms with van der Waals surface area (Å²) in [5.74, 6) is 6.77. The molecule has 1 heterocycles. The maximum atomic E-state index is 13.2. The fraction of sp³-hybridized carbons (Fsp3) is 0.792. The molecule has 0 spiro atoms. The number of ketones is 1. The van der Waals surface area contributed by atoms with Crippen molar-refractivity contribution in [3.63, 3.8) is 0 Å². The van der Waals surface area contributed by atoms with Gasteiger partial charge in [-0.1, -0.05) is 12.8 Å². The van der Waals surface area contributed by atoms with Gasteiger partial charge in [0.15, 0.2) is 10.9 Å². The van der Waals surface area contributed by atoms with Crippen LogP contribution in [0.2, 0.25) is 0 Å². The summed E-state index contributed by atoms with van der Waals surface area (Å²) in [7, 11) is 0. The minimum absolute atomic E-state index is 0.130. The Morgan fingerprint density at radius 2 is 2.00 bits per heavy atom. The molecule has 0 bridgehead atoms. The molecule has 8 atom stereocenters. The summed E-state index contributed by atoms with van der Waals surface area (Å²) >= 11 is 5.61. The van der Waals surface area contributed by atoms with Crippen molar-refractivity contribution < 1.29 is 20.2 Å². The third-order valence-electron chi connectivity index (χ3n) is 9.47. The van der Waals surface area contributed by atoms with Crippen LogP contribution in [0.4, 0.5) is 0 Å². The van der Waals surface area contributed by atoms with Crippen molar-refractivity contribution in [1.29, 1.82) is 0 Å². The Balaban J connectivity index is 1.31. The lowest BCUT2D eigenvalue weighted by Gasteiger charge is -2.56. The van der Waals surface area contributed by atoms with E-state index in [0.717, 1.165) is 43.9 Å². The minimum Gasteiger partial charge on any atom is -0.378 e. The zero-order valence-corrected chi connectivity index (χ0v) is 18.5. The molecular weight excluding hydrogens is 398 g/mol. The number of carbonyl (C=O) groups excluding carboxylic acids is 1. The van der Waals surface area contributed by atoms with Crippen molar-refractivity contribution in [3.8, 4) is 11.3 Å². The van der Waals surface area contributed by atoms with Gasteiger partial charge in [0.25, 0.3) is 0 Å². The third kappa shape index (κ3) is 3.26. The number of hydrogen-bond acceptors (Lipinski definition) is 2. The molecule has 4 saturated carbocycles. The summed E-state index contributed by atoms with van der Waals surface area (Å²) in [6.07, 6.45) is 13.0. The van der Waals surface area contributed by atoms with Crippen molar-refractivity contribution in [1.82, 2.24) is 4.68 Å². The molecule has 5 nitrogen and oxygen atoms in total. The molecule has 0 saturated heterocycles. The Bertz CT molecular complexity index is 862. The number of rotatable bonds is 3. The van der Waals surface area contributed by atoms with Crippen LogP contribution in [0.3, 0.4) is 0 Å². The summed E-state index contributed by atoms with van der Waals surface area (Å²) < 4.78 is 1.67. The fourth-order valence-corrected chi connectivity index (χ4v) is 8.37. The maximum Gasteiger partial charge on any atom is 0.471 e. The second-order valence-corrected chi connectivity index (χ2v) is 10.9. The number of Topliss-reactive ketones (excluding diaryl/α,β-unsaturated/α-hetero) is 1. The molecule has 6 heteroatoms. The first-order valence-corrected chi connectivity index (χ1v) is 12.0. The molecule has 4 fully saturated rings. The van der Waals surface area contributed by atoms with Gasteiger partial charge in [0.1, 0.15) is 10.3 Å². The van der Waals surface area contributed by atoms with Gasteiger partial charge in [-0.25, -0.2) is 0 Å². The molecule has 0 aliphatic heterocycles. The van der Waals surface area contributed by atoms with E-state index >= 15 is 0 Å². The van der Waals surface area contributed by atoms with Gasteiger partial charge in [0.2, 0.25) is 12.7 Å². The van der Waals surface area contributed by atoms with E-state index in [1.54, 1.807) is 17.1 Å². The van der Waals surface area contributed by atoms with Crippen LogP contribution in [0.5, 0.6) is 0 Å². The predicted molar refractivity (Wildman–Crippen MR) is 110 cm³/mol. The van der Waals surface area contributed by atoms with Gasteiger partial charge in [0, 0.05) is 11.3 Å². The molecule has 30 heavy (non-hydrogen) atoms. The standard InChI is InChI=1S/C24H32ClN3O2/c1-23-8-6-18-17-7-9-24(30,10-11-25)14-16(17)2-3-19(18)20(23)4-5-21(23)22(29)15-28-13-12-26-27-28/h12-13,16-21,30H,2-9,14-15H2,1H3/q+2/t16-,17+,18?,19?,20?,21-,23+,24+/m1/s1. The van der Waals surface area contributed by atoms with Gasteiger partial charge < -0.3 is 5.11 Å². The topological polar surface area (TPSA) is 70.4 Å². The number of hydrogen-bond donors (Lipinski definition) is 1. The molecule has 1 aromatic rings. The van der Waals surface area contributed by atoms with E-state index in [4.69, 9.17) is 11.6 Å². The van der Waals surface area contributed by atoms with Crippen molar-refractivity contribution in [3.05, 3.63) is 12.4 Å². The molecule has 1 N–H and O–H groups in total. The molecule has 5 rings (SSSR count). The van der Waals surface area contributed by atoms with Crippen LogP contribution in [0, 0.1) is 52.2 Å². The average molecular weight is 430 g/mol. The zero-order chi connectivity index (χ0) is 20.9. The van der Waals surface area contributed by atoms with Crippen molar-refractivity contribution in [2.75, 3.05) is 0 Å². The third-order valence-corrected chi connectivity index (χ3v) is 9.56. The monoisotopic (exact) mass is 429 g/mol. The summed E-state index contributed by atoms with van der Waals surface area (Å²) in [4.78, 5) is 13.2. The molecular formula is C24H32ClN3O2+2. The lowest BCUT2D eigenvalue weighted by atomic mass is 9.49. The molecule has 4 aliphatic rings. The van der Waals surface area contributed by atoms with E-state index in [2.05, 4.69) is 28.5 Å². The highest BCUT2D eigenvalue weighted by Crippen LogP contribution is 2.64. The summed E-state index contributed by atoms with van der Waals surface area (Å²) in [5.41, 5.74) is -0.754. The van der Waals surface area contributed by atoms with Gasteiger partial charge >= 0.3 is 11.4 Å². The predicted octanol–water partition coefficient (Wildman–Crippen LogP) is 2.46. The summed E-state index contributed by atoms with van der Waals surface area (Å²) in [6.45, 7) is 2.75. The van der Waals surface area contributed by atoms with Crippen LogP contribution >= 0.6 is 11.6 Å². The smallest absolute Gasteiger partial charge is 0.378 e. The van der Waals surface area contributed by atoms with Gasteiger partial charge in [-0.05, 0) is 104 Å². The number of carbonyl (C=O) groups is 1. The van der Waals surface area contributed by atoms with Crippen LogP contribution in [0.25, 0.3) is 0 Å². The van der Waals surface area contributed by atoms with Crippen LogP contribution in [-0.2, 0) is 11.3 Å². The van der Waals surface area contributed by atoms with Crippen LogP contribution in [0.15, 0.2) is 12.4 Å². The number of nitrogens with zero attached hydrogens (tertiary/aromatic N) is 3. The first-order chi connectivity index (χ1) is 14.4. The molecule has 0 aromatic carbocycles. The first kappa shape index (κ1) is 20.3. The van der Waals surface area contributed by atoms with E-state index in [1.807, 2.05) is 0 Å². The van der Waals surface area contributed by atoms with Gasteiger partial charge in [-0.15, -0.1) is 0 Å². The highest BCUT2D eigenvalue weighted by Gasteiger charge is 2.59. The van der Waals surface area contributed by atoms with Crippen LogP contribution in [-0.4, -0.2) is 21.2 Å². The fourth-order valence-electron chi connectivity index (χ4n) is 8.20. The Morgan fingerprint density at radius 3 is 2.77 bits per heavy atom. The summed E-state index contributed by atoms with van der Waals surface area (Å²) in [6, 6.07) is 0. The Labute approximate surface area is 183 Å². The Morgan fingerprint density at radius 1 is 1.17 bits per heavy atom. The van der Waals surface area contributed by atoms with Crippen molar-refractivity contribution in [2.45, 2.75) is 76.9 Å². The lowest BCUT2D eigenvalue weighted by Crippen LogP contribution is -2.51. The van der Waals surface area contributed by atoms with Crippen LogP contribution in [0.1, 0.15) is 64.7 Å². The summed E-state index contributed by atoms with van der Waals surface area (Å²) in [5, 5.41) is 21.1. The van der Waals surface area contributed by atoms with Gasteiger partial charge in [-0.3, -0.25) is 4.79 Å². The normalized spacial score (nSPS) is 44.6. The molecule has 0 radical (unpaired) electrons. The van der Waals surface area contributed by atoms with Crippen LogP contribution < -0.4 is 10.3 Å². The van der Waals surface area contributed by atoms with E-state index in [9.17, 15) is 9.90 Å². The molecule has 3 unspecified atom stereocenters. The number of fused-ring (bicyclic) bond motifs is 5. The second-order valence-electron chi connectivity index (χ2n) is 10.7.